The Morgan fingerprint density at radius 1 is 1.15 bits per heavy atom. The second kappa shape index (κ2) is 8.53. The number of carbonyl (C=O) groups is 1. The van der Waals surface area contributed by atoms with Crippen LogP contribution in [0.2, 0.25) is 0 Å². The van der Waals surface area contributed by atoms with E-state index in [0.717, 1.165) is 43.5 Å². The Hall–Kier alpha value is -1.39. The molecule has 2 fully saturated rings. The van der Waals surface area contributed by atoms with Gasteiger partial charge in [0.25, 0.3) is 5.91 Å². The first-order valence-electron chi connectivity index (χ1n) is 10.3. The molecule has 144 valence electrons. The molecule has 1 aromatic carbocycles. The van der Waals surface area contributed by atoms with Crippen LogP contribution in [0.1, 0.15) is 68.3 Å². The normalized spacial score (nSPS) is 22.0. The molecule has 0 spiro atoms. The Morgan fingerprint density at radius 2 is 1.88 bits per heavy atom. The number of benzene rings is 1. The van der Waals surface area contributed by atoms with Gasteiger partial charge in [0.05, 0.1) is 5.60 Å². The van der Waals surface area contributed by atoms with E-state index in [0.29, 0.717) is 12.5 Å². The maximum absolute atomic E-state index is 13.2. The molecule has 0 aliphatic carbocycles. The monoisotopic (exact) mass is 358 g/mol. The minimum atomic E-state index is -0.673. The van der Waals surface area contributed by atoms with E-state index in [4.69, 9.17) is 0 Å². The number of piperidine rings is 1. The van der Waals surface area contributed by atoms with Gasteiger partial charge < -0.3 is 14.9 Å². The summed E-state index contributed by atoms with van der Waals surface area (Å²) >= 11 is 0. The van der Waals surface area contributed by atoms with Crippen molar-refractivity contribution in [2.24, 2.45) is 0 Å². The predicted molar refractivity (Wildman–Crippen MR) is 105 cm³/mol. The third-order valence-electron chi connectivity index (χ3n) is 5.76. The third-order valence-corrected chi connectivity index (χ3v) is 5.76. The molecular formula is C22H34N2O2. The van der Waals surface area contributed by atoms with Crippen LogP contribution in [-0.2, 0) is 6.42 Å². The van der Waals surface area contributed by atoms with Crippen molar-refractivity contribution in [2.75, 3.05) is 26.2 Å². The number of hydrogen-bond donors (Lipinski definition) is 1. The van der Waals surface area contributed by atoms with E-state index < -0.39 is 5.60 Å². The molecule has 2 aliphatic heterocycles. The van der Waals surface area contributed by atoms with Crippen LogP contribution in [0.5, 0.6) is 0 Å². The number of aliphatic hydroxyl groups is 1. The molecule has 4 heteroatoms. The van der Waals surface area contributed by atoms with Gasteiger partial charge in [-0.3, -0.25) is 4.79 Å². The van der Waals surface area contributed by atoms with E-state index in [2.05, 4.69) is 15.9 Å². The predicted octanol–water partition coefficient (Wildman–Crippen LogP) is 3.48. The van der Waals surface area contributed by atoms with Crippen LogP contribution in [0.3, 0.4) is 0 Å². The Balaban J connectivity index is 1.67. The highest BCUT2D eigenvalue weighted by atomic mass is 16.3. The molecule has 1 atom stereocenters. The maximum atomic E-state index is 13.2. The van der Waals surface area contributed by atoms with Crippen molar-refractivity contribution in [3.05, 3.63) is 35.4 Å². The van der Waals surface area contributed by atoms with Crippen LogP contribution in [0.25, 0.3) is 0 Å². The summed E-state index contributed by atoms with van der Waals surface area (Å²) < 4.78 is 0. The van der Waals surface area contributed by atoms with Gasteiger partial charge in [0.1, 0.15) is 0 Å². The van der Waals surface area contributed by atoms with Gasteiger partial charge in [-0.05, 0) is 89.6 Å². The van der Waals surface area contributed by atoms with Crippen molar-refractivity contribution in [1.29, 1.82) is 0 Å². The third kappa shape index (κ3) is 5.31. The van der Waals surface area contributed by atoms with Gasteiger partial charge in [-0.25, -0.2) is 0 Å². The number of rotatable bonds is 6. The number of hydrogen-bond acceptors (Lipinski definition) is 3. The van der Waals surface area contributed by atoms with E-state index in [-0.39, 0.29) is 5.91 Å². The molecule has 2 saturated heterocycles. The minimum Gasteiger partial charge on any atom is -0.390 e. The van der Waals surface area contributed by atoms with Crippen molar-refractivity contribution in [3.63, 3.8) is 0 Å². The van der Waals surface area contributed by atoms with Gasteiger partial charge in [0.2, 0.25) is 0 Å². The van der Waals surface area contributed by atoms with E-state index in [1.54, 1.807) is 0 Å². The molecule has 0 radical (unpaired) electrons. The lowest BCUT2D eigenvalue weighted by Crippen LogP contribution is -2.49. The summed E-state index contributed by atoms with van der Waals surface area (Å²) in [7, 11) is 0. The zero-order valence-corrected chi connectivity index (χ0v) is 16.4. The van der Waals surface area contributed by atoms with Crippen molar-refractivity contribution >= 4 is 5.91 Å². The summed E-state index contributed by atoms with van der Waals surface area (Å²) in [6, 6.07) is 8.36. The van der Waals surface area contributed by atoms with Crippen molar-refractivity contribution in [1.82, 2.24) is 9.80 Å². The van der Waals surface area contributed by atoms with Crippen LogP contribution >= 0.6 is 0 Å². The summed E-state index contributed by atoms with van der Waals surface area (Å²) in [5.41, 5.74) is 1.26. The molecule has 2 heterocycles. The van der Waals surface area contributed by atoms with E-state index >= 15 is 0 Å². The number of nitrogens with zero attached hydrogens (tertiary/aromatic N) is 2. The number of carbonyl (C=O) groups excluding carboxylic acids is 1. The zero-order chi connectivity index (χ0) is 18.6. The topological polar surface area (TPSA) is 43.8 Å². The van der Waals surface area contributed by atoms with Gasteiger partial charge in [0.15, 0.2) is 0 Å². The molecule has 3 rings (SSSR count). The Labute approximate surface area is 158 Å². The average molecular weight is 359 g/mol. The first-order chi connectivity index (χ1) is 12.4. The van der Waals surface area contributed by atoms with Crippen LogP contribution in [0, 0.1) is 0 Å². The Bertz CT molecular complexity index is 602. The molecule has 1 aromatic rings. The van der Waals surface area contributed by atoms with Crippen molar-refractivity contribution in [2.45, 2.75) is 70.4 Å². The fourth-order valence-corrected chi connectivity index (χ4v) is 4.20. The summed E-state index contributed by atoms with van der Waals surface area (Å²) in [5, 5.41) is 9.95. The average Bonchev–Trinajstić information content (AvgIpc) is 3.13. The van der Waals surface area contributed by atoms with Gasteiger partial charge in [-0.2, -0.15) is 0 Å². The summed E-state index contributed by atoms with van der Waals surface area (Å²) in [6.07, 6.45) is 7.55. The Kier molecular flexibility index (Phi) is 6.36. The smallest absolute Gasteiger partial charge is 0.254 e. The van der Waals surface area contributed by atoms with Crippen molar-refractivity contribution < 1.29 is 9.90 Å². The molecule has 1 amide bonds. The summed E-state index contributed by atoms with van der Waals surface area (Å²) in [4.78, 5) is 17.8. The molecule has 0 bridgehead atoms. The molecular weight excluding hydrogens is 324 g/mol. The van der Waals surface area contributed by atoms with Crippen LogP contribution < -0.4 is 0 Å². The minimum absolute atomic E-state index is 0.180. The summed E-state index contributed by atoms with van der Waals surface area (Å²) in [6.45, 7) is 7.95. The maximum Gasteiger partial charge on any atom is 0.254 e. The largest absolute Gasteiger partial charge is 0.390 e. The van der Waals surface area contributed by atoms with Crippen LogP contribution in [0.4, 0.5) is 0 Å². The number of amides is 1. The molecule has 0 saturated carbocycles. The standard InChI is InChI=1S/C22H34N2O2/c1-22(2,26)12-11-18-8-7-9-19(16-18)21(25)24-15-4-3-10-20(24)17-23-13-5-6-14-23/h7-9,16,20,26H,3-6,10-15,17H2,1-2H3/t20-/m0/s1. The van der Waals surface area contributed by atoms with Gasteiger partial charge in [-0.15, -0.1) is 0 Å². The zero-order valence-electron chi connectivity index (χ0n) is 16.4. The molecule has 4 nitrogen and oxygen atoms in total. The fourth-order valence-electron chi connectivity index (χ4n) is 4.20. The second-order valence-electron chi connectivity index (χ2n) is 8.67. The van der Waals surface area contributed by atoms with E-state index in [9.17, 15) is 9.90 Å². The SMILES string of the molecule is CC(C)(O)CCc1cccc(C(=O)N2CCCC[C@H]2CN2CCCC2)c1. The molecule has 26 heavy (non-hydrogen) atoms. The highest BCUT2D eigenvalue weighted by Crippen LogP contribution is 2.23. The fraction of sp³-hybridized carbons (Fsp3) is 0.682. The Morgan fingerprint density at radius 3 is 2.62 bits per heavy atom. The second-order valence-corrected chi connectivity index (χ2v) is 8.67. The lowest BCUT2D eigenvalue weighted by Gasteiger charge is -2.38. The van der Waals surface area contributed by atoms with Gasteiger partial charge in [-0.1, -0.05) is 12.1 Å². The van der Waals surface area contributed by atoms with Crippen LogP contribution in [0.15, 0.2) is 24.3 Å². The molecule has 0 aromatic heterocycles. The summed E-state index contributed by atoms with van der Waals surface area (Å²) in [5.74, 6) is 0.180. The van der Waals surface area contributed by atoms with Gasteiger partial charge in [0, 0.05) is 24.7 Å². The molecule has 2 aliphatic rings. The first-order valence-corrected chi connectivity index (χ1v) is 10.3. The molecule has 0 unspecified atom stereocenters. The highest BCUT2D eigenvalue weighted by molar-refractivity contribution is 5.94. The van der Waals surface area contributed by atoms with Crippen molar-refractivity contribution in [3.8, 4) is 0 Å². The quantitative estimate of drug-likeness (QED) is 0.847. The first kappa shape index (κ1) is 19.4. The number of likely N-dealkylation sites (tertiary alicyclic amines) is 2. The lowest BCUT2D eigenvalue weighted by atomic mass is 9.96. The van der Waals surface area contributed by atoms with E-state index in [1.165, 1.54) is 32.4 Å². The molecule has 1 N–H and O–H groups in total. The van der Waals surface area contributed by atoms with E-state index in [1.807, 2.05) is 32.0 Å². The lowest BCUT2D eigenvalue weighted by molar-refractivity contribution is 0.0560. The number of aryl methyl sites for hydroxylation is 1. The van der Waals surface area contributed by atoms with Crippen LogP contribution in [-0.4, -0.2) is 58.6 Å². The van der Waals surface area contributed by atoms with Gasteiger partial charge >= 0.3 is 0 Å². The highest BCUT2D eigenvalue weighted by Gasteiger charge is 2.29.